The molecular formula is C17H17NO. The SMILES string of the molecule is NCCc1ccc(C(=O)/C=C/c2ccccc2)cc1. The lowest BCUT2D eigenvalue weighted by Gasteiger charge is -2.00. The van der Waals surface area contributed by atoms with Crippen LogP contribution in [0.25, 0.3) is 6.08 Å². The van der Waals surface area contributed by atoms with Crippen molar-refractivity contribution in [1.82, 2.24) is 0 Å². The van der Waals surface area contributed by atoms with Gasteiger partial charge in [0.2, 0.25) is 0 Å². The molecule has 2 heteroatoms. The molecule has 0 spiro atoms. The molecule has 0 atom stereocenters. The van der Waals surface area contributed by atoms with Crippen LogP contribution >= 0.6 is 0 Å². The van der Waals surface area contributed by atoms with Crippen molar-refractivity contribution >= 4 is 11.9 Å². The van der Waals surface area contributed by atoms with E-state index in [1.807, 2.05) is 60.7 Å². The number of nitrogens with two attached hydrogens (primary N) is 1. The van der Waals surface area contributed by atoms with Gasteiger partial charge in [0.15, 0.2) is 5.78 Å². The third kappa shape index (κ3) is 3.90. The van der Waals surface area contributed by atoms with Crippen LogP contribution in [0.2, 0.25) is 0 Å². The van der Waals surface area contributed by atoms with Crippen LogP contribution in [0.5, 0.6) is 0 Å². The van der Waals surface area contributed by atoms with Crippen molar-refractivity contribution in [3.8, 4) is 0 Å². The number of ketones is 1. The lowest BCUT2D eigenvalue weighted by atomic mass is 10.1. The molecule has 0 aliphatic heterocycles. The van der Waals surface area contributed by atoms with Gasteiger partial charge in [0.1, 0.15) is 0 Å². The van der Waals surface area contributed by atoms with E-state index in [1.54, 1.807) is 6.08 Å². The number of carbonyl (C=O) groups is 1. The number of hydrogen-bond acceptors (Lipinski definition) is 2. The van der Waals surface area contributed by atoms with Crippen molar-refractivity contribution < 1.29 is 4.79 Å². The van der Waals surface area contributed by atoms with Gasteiger partial charge in [-0.05, 0) is 30.2 Å². The largest absolute Gasteiger partial charge is 0.330 e. The molecule has 0 aliphatic carbocycles. The Morgan fingerprint density at radius 1 is 1.00 bits per heavy atom. The molecule has 0 fully saturated rings. The first-order chi connectivity index (χ1) is 9.29. The van der Waals surface area contributed by atoms with E-state index in [0.29, 0.717) is 12.1 Å². The van der Waals surface area contributed by atoms with Gasteiger partial charge in [-0.1, -0.05) is 60.7 Å². The van der Waals surface area contributed by atoms with Crippen LogP contribution in [0.15, 0.2) is 60.7 Å². The summed E-state index contributed by atoms with van der Waals surface area (Å²) in [7, 11) is 0. The summed E-state index contributed by atoms with van der Waals surface area (Å²) in [6.07, 6.45) is 4.28. The molecule has 0 radical (unpaired) electrons. The van der Waals surface area contributed by atoms with Crippen LogP contribution in [0, 0.1) is 0 Å². The normalized spacial score (nSPS) is 10.8. The molecule has 0 saturated carbocycles. The maximum atomic E-state index is 12.0. The number of allylic oxidation sites excluding steroid dienone is 1. The van der Waals surface area contributed by atoms with E-state index >= 15 is 0 Å². The summed E-state index contributed by atoms with van der Waals surface area (Å²) in [5.74, 6) is 0.0168. The molecule has 96 valence electrons. The smallest absolute Gasteiger partial charge is 0.185 e. The standard InChI is InChI=1S/C17H17NO/c18-13-12-15-6-9-16(10-7-15)17(19)11-8-14-4-2-1-3-5-14/h1-11H,12-13,18H2/b11-8+. The highest BCUT2D eigenvalue weighted by atomic mass is 16.1. The zero-order chi connectivity index (χ0) is 13.5. The second kappa shape index (κ2) is 6.66. The highest BCUT2D eigenvalue weighted by molar-refractivity contribution is 6.06. The molecule has 0 aromatic heterocycles. The Balaban J connectivity index is 2.05. The van der Waals surface area contributed by atoms with Crippen molar-refractivity contribution in [2.24, 2.45) is 5.73 Å². The van der Waals surface area contributed by atoms with E-state index in [0.717, 1.165) is 17.5 Å². The van der Waals surface area contributed by atoms with Crippen LogP contribution in [0.1, 0.15) is 21.5 Å². The van der Waals surface area contributed by atoms with Gasteiger partial charge < -0.3 is 5.73 Å². The highest BCUT2D eigenvalue weighted by Crippen LogP contribution is 2.08. The Morgan fingerprint density at radius 2 is 1.68 bits per heavy atom. The predicted octanol–water partition coefficient (Wildman–Crippen LogP) is 3.08. The van der Waals surface area contributed by atoms with E-state index in [1.165, 1.54) is 0 Å². The zero-order valence-electron chi connectivity index (χ0n) is 10.8. The summed E-state index contributed by atoms with van der Waals surface area (Å²) in [6.45, 7) is 0.626. The lowest BCUT2D eigenvalue weighted by Crippen LogP contribution is -2.03. The fraction of sp³-hybridized carbons (Fsp3) is 0.118. The molecule has 0 bridgehead atoms. The molecule has 2 aromatic rings. The quantitative estimate of drug-likeness (QED) is 0.655. The Morgan fingerprint density at radius 3 is 2.32 bits per heavy atom. The van der Waals surface area contributed by atoms with Gasteiger partial charge in [0, 0.05) is 5.56 Å². The third-order valence-corrected chi connectivity index (χ3v) is 2.90. The summed E-state index contributed by atoms with van der Waals surface area (Å²) in [5, 5.41) is 0. The average Bonchev–Trinajstić information content (AvgIpc) is 2.47. The molecule has 0 heterocycles. The van der Waals surface area contributed by atoms with Gasteiger partial charge in [-0.2, -0.15) is 0 Å². The fourth-order valence-corrected chi connectivity index (χ4v) is 1.83. The van der Waals surface area contributed by atoms with E-state index in [4.69, 9.17) is 5.73 Å². The first-order valence-corrected chi connectivity index (χ1v) is 6.36. The van der Waals surface area contributed by atoms with E-state index < -0.39 is 0 Å². The lowest BCUT2D eigenvalue weighted by molar-refractivity contribution is 0.104. The monoisotopic (exact) mass is 251 g/mol. The second-order valence-corrected chi connectivity index (χ2v) is 4.34. The number of rotatable bonds is 5. The molecule has 0 unspecified atom stereocenters. The molecule has 2 aromatic carbocycles. The van der Waals surface area contributed by atoms with Gasteiger partial charge in [-0.25, -0.2) is 0 Å². The topological polar surface area (TPSA) is 43.1 Å². The predicted molar refractivity (Wildman–Crippen MR) is 79.0 cm³/mol. The number of hydrogen-bond donors (Lipinski definition) is 1. The number of benzene rings is 2. The zero-order valence-corrected chi connectivity index (χ0v) is 10.8. The van der Waals surface area contributed by atoms with Gasteiger partial charge in [-0.3, -0.25) is 4.79 Å². The maximum absolute atomic E-state index is 12.0. The second-order valence-electron chi connectivity index (χ2n) is 4.34. The summed E-state index contributed by atoms with van der Waals surface area (Å²) >= 11 is 0. The molecule has 19 heavy (non-hydrogen) atoms. The fourth-order valence-electron chi connectivity index (χ4n) is 1.83. The van der Waals surface area contributed by atoms with Gasteiger partial charge in [0.05, 0.1) is 0 Å². The molecule has 0 amide bonds. The Kier molecular flexibility index (Phi) is 4.65. The van der Waals surface area contributed by atoms with E-state index in [-0.39, 0.29) is 5.78 Å². The molecule has 0 saturated heterocycles. The summed E-state index contributed by atoms with van der Waals surface area (Å²) in [5.41, 5.74) is 8.38. The Hall–Kier alpha value is -2.19. The number of carbonyl (C=O) groups excluding carboxylic acids is 1. The summed E-state index contributed by atoms with van der Waals surface area (Å²) in [6, 6.07) is 17.4. The first kappa shape index (κ1) is 13.2. The third-order valence-electron chi connectivity index (χ3n) is 2.90. The van der Waals surface area contributed by atoms with Crippen LogP contribution in [-0.2, 0) is 6.42 Å². The van der Waals surface area contributed by atoms with Crippen molar-refractivity contribution in [1.29, 1.82) is 0 Å². The summed E-state index contributed by atoms with van der Waals surface area (Å²) < 4.78 is 0. The van der Waals surface area contributed by atoms with Crippen molar-refractivity contribution in [3.63, 3.8) is 0 Å². The Bertz CT molecular complexity index is 556. The minimum absolute atomic E-state index is 0.0168. The van der Waals surface area contributed by atoms with E-state index in [9.17, 15) is 4.79 Å². The molecular weight excluding hydrogens is 234 g/mol. The van der Waals surface area contributed by atoms with Crippen molar-refractivity contribution in [2.45, 2.75) is 6.42 Å². The minimum atomic E-state index is 0.0168. The first-order valence-electron chi connectivity index (χ1n) is 6.36. The van der Waals surface area contributed by atoms with Crippen LogP contribution in [-0.4, -0.2) is 12.3 Å². The maximum Gasteiger partial charge on any atom is 0.185 e. The molecule has 2 nitrogen and oxygen atoms in total. The molecule has 2 rings (SSSR count). The van der Waals surface area contributed by atoms with Gasteiger partial charge in [0.25, 0.3) is 0 Å². The van der Waals surface area contributed by atoms with E-state index in [2.05, 4.69) is 0 Å². The molecule has 2 N–H and O–H groups in total. The highest BCUT2D eigenvalue weighted by Gasteiger charge is 2.01. The summed E-state index contributed by atoms with van der Waals surface area (Å²) in [4.78, 5) is 12.0. The van der Waals surface area contributed by atoms with Gasteiger partial charge in [-0.15, -0.1) is 0 Å². The Labute approximate surface area is 113 Å². The van der Waals surface area contributed by atoms with Crippen molar-refractivity contribution in [3.05, 3.63) is 77.4 Å². The average molecular weight is 251 g/mol. The minimum Gasteiger partial charge on any atom is -0.330 e. The van der Waals surface area contributed by atoms with Crippen LogP contribution < -0.4 is 5.73 Å². The van der Waals surface area contributed by atoms with Crippen molar-refractivity contribution in [2.75, 3.05) is 6.54 Å². The van der Waals surface area contributed by atoms with Crippen LogP contribution in [0.4, 0.5) is 0 Å². The van der Waals surface area contributed by atoms with Crippen LogP contribution in [0.3, 0.4) is 0 Å². The molecule has 0 aliphatic rings. The van der Waals surface area contributed by atoms with Gasteiger partial charge >= 0.3 is 0 Å².